The molecular formula is C10H17F2NO. The van der Waals surface area contributed by atoms with Crippen LogP contribution >= 0.6 is 0 Å². The number of ether oxygens (including phenoxy) is 1. The highest BCUT2D eigenvalue weighted by Crippen LogP contribution is 2.39. The molecule has 0 aromatic heterocycles. The monoisotopic (exact) mass is 205 g/mol. The van der Waals surface area contributed by atoms with E-state index < -0.39 is 11.8 Å². The van der Waals surface area contributed by atoms with Gasteiger partial charge in [-0.2, -0.15) is 0 Å². The lowest BCUT2D eigenvalue weighted by Crippen LogP contribution is -2.45. The Kier molecular flexibility index (Phi) is 3.02. The van der Waals surface area contributed by atoms with Gasteiger partial charge in [0.05, 0.1) is 0 Å². The Bertz CT molecular complexity index is 193. The molecule has 2 heterocycles. The van der Waals surface area contributed by atoms with Crippen molar-refractivity contribution in [2.24, 2.45) is 11.8 Å². The first-order chi connectivity index (χ1) is 6.70. The number of rotatable bonds is 1. The summed E-state index contributed by atoms with van der Waals surface area (Å²) in [7, 11) is 0. The van der Waals surface area contributed by atoms with Gasteiger partial charge in [-0.3, -0.25) is 0 Å². The Balaban J connectivity index is 1.99. The summed E-state index contributed by atoms with van der Waals surface area (Å²) in [5, 5.41) is 3.21. The second-order valence-electron chi connectivity index (χ2n) is 4.30. The summed E-state index contributed by atoms with van der Waals surface area (Å²) in [5.41, 5.74) is 0. The van der Waals surface area contributed by atoms with Crippen molar-refractivity contribution in [1.29, 1.82) is 0 Å². The van der Waals surface area contributed by atoms with E-state index in [1.54, 1.807) is 0 Å². The van der Waals surface area contributed by atoms with Gasteiger partial charge in [-0.1, -0.05) is 0 Å². The van der Waals surface area contributed by atoms with E-state index in [2.05, 4.69) is 5.32 Å². The highest BCUT2D eigenvalue weighted by atomic mass is 19.3. The molecule has 0 aliphatic carbocycles. The lowest BCUT2D eigenvalue weighted by Gasteiger charge is -2.38. The fourth-order valence-electron chi connectivity index (χ4n) is 2.56. The molecule has 0 bridgehead atoms. The van der Waals surface area contributed by atoms with Gasteiger partial charge in [0.15, 0.2) is 0 Å². The highest BCUT2D eigenvalue weighted by molar-refractivity contribution is 4.87. The van der Waals surface area contributed by atoms with Gasteiger partial charge in [0.25, 0.3) is 5.92 Å². The predicted octanol–water partition coefficient (Wildman–Crippen LogP) is 1.66. The van der Waals surface area contributed by atoms with Crippen LogP contribution in [0.3, 0.4) is 0 Å². The number of piperidine rings is 1. The molecule has 1 N–H and O–H groups in total. The minimum absolute atomic E-state index is 0.190. The Labute approximate surface area is 83.0 Å². The van der Waals surface area contributed by atoms with Crippen LogP contribution < -0.4 is 5.32 Å². The molecule has 2 aliphatic rings. The van der Waals surface area contributed by atoms with Crippen LogP contribution in [0.5, 0.6) is 0 Å². The van der Waals surface area contributed by atoms with Crippen molar-refractivity contribution < 1.29 is 13.5 Å². The number of nitrogens with one attached hydrogen (secondary N) is 1. The fourth-order valence-corrected chi connectivity index (χ4v) is 2.56. The van der Waals surface area contributed by atoms with Crippen LogP contribution in [0.2, 0.25) is 0 Å². The first-order valence-electron chi connectivity index (χ1n) is 5.36. The molecular weight excluding hydrogens is 188 g/mol. The smallest absolute Gasteiger partial charge is 0.274 e. The molecule has 0 aromatic rings. The van der Waals surface area contributed by atoms with Gasteiger partial charge < -0.3 is 10.1 Å². The Morgan fingerprint density at radius 3 is 2.50 bits per heavy atom. The van der Waals surface area contributed by atoms with Crippen LogP contribution in [0.1, 0.15) is 19.3 Å². The highest BCUT2D eigenvalue weighted by Gasteiger charge is 2.46. The molecule has 2 nitrogen and oxygen atoms in total. The van der Waals surface area contributed by atoms with Gasteiger partial charge in [-0.15, -0.1) is 0 Å². The van der Waals surface area contributed by atoms with E-state index in [1.807, 2.05) is 0 Å². The van der Waals surface area contributed by atoms with E-state index in [9.17, 15) is 8.78 Å². The zero-order chi connectivity index (χ0) is 10.0. The maximum absolute atomic E-state index is 13.5. The molecule has 14 heavy (non-hydrogen) atoms. The second kappa shape index (κ2) is 4.11. The van der Waals surface area contributed by atoms with E-state index in [0.717, 1.165) is 25.9 Å². The second-order valence-corrected chi connectivity index (χ2v) is 4.30. The van der Waals surface area contributed by atoms with E-state index in [0.29, 0.717) is 13.0 Å². The van der Waals surface area contributed by atoms with Crippen molar-refractivity contribution in [3.05, 3.63) is 0 Å². The number of halogens is 2. The van der Waals surface area contributed by atoms with E-state index in [1.165, 1.54) is 0 Å². The molecule has 1 atom stereocenters. The van der Waals surface area contributed by atoms with Crippen molar-refractivity contribution in [3.63, 3.8) is 0 Å². The molecule has 0 radical (unpaired) electrons. The molecule has 2 saturated heterocycles. The lowest BCUT2D eigenvalue weighted by molar-refractivity contribution is -0.171. The molecule has 2 rings (SSSR count). The first kappa shape index (κ1) is 10.3. The van der Waals surface area contributed by atoms with Crippen LogP contribution in [0, 0.1) is 11.8 Å². The first-order valence-corrected chi connectivity index (χ1v) is 5.36. The van der Waals surface area contributed by atoms with Crippen molar-refractivity contribution in [2.45, 2.75) is 25.2 Å². The van der Waals surface area contributed by atoms with Crippen molar-refractivity contribution in [2.75, 3.05) is 26.3 Å². The molecule has 4 heteroatoms. The summed E-state index contributed by atoms with van der Waals surface area (Å²) in [4.78, 5) is 0. The van der Waals surface area contributed by atoms with E-state index in [4.69, 9.17) is 4.74 Å². The SMILES string of the molecule is FC1(F)COCCC1C1CCNCC1. The predicted molar refractivity (Wildman–Crippen MR) is 49.5 cm³/mol. The van der Waals surface area contributed by atoms with Crippen LogP contribution in [0.25, 0.3) is 0 Å². The van der Waals surface area contributed by atoms with Gasteiger partial charge in [0.2, 0.25) is 0 Å². The molecule has 2 fully saturated rings. The van der Waals surface area contributed by atoms with E-state index >= 15 is 0 Å². The summed E-state index contributed by atoms with van der Waals surface area (Å²) in [6.45, 7) is 1.90. The molecule has 82 valence electrons. The summed E-state index contributed by atoms with van der Waals surface area (Å²) in [6.07, 6.45) is 2.30. The minimum Gasteiger partial charge on any atom is -0.375 e. The fraction of sp³-hybridized carbons (Fsp3) is 1.00. The molecule has 0 saturated carbocycles. The maximum Gasteiger partial charge on any atom is 0.274 e. The summed E-state index contributed by atoms with van der Waals surface area (Å²) in [6, 6.07) is 0. The molecule has 0 spiro atoms. The molecule has 1 unspecified atom stereocenters. The van der Waals surface area contributed by atoms with Gasteiger partial charge in [-0.25, -0.2) is 8.78 Å². The topological polar surface area (TPSA) is 21.3 Å². The lowest BCUT2D eigenvalue weighted by atomic mass is 9.78. The zero-order valence-electron chi connectivity index (χ0n) is 8.27. The molecule has 0 amide bonds. The van der Waals surface area contributed by atoms with E-state index in [-0.39, 0.29) is 12.5 Å². The number of hydrogen-bond donors (Lipinski definition) is 1. The third kappa shape index (κ3) is 2.06. The van der Waals surface area contributed by atoms with Gasteiger partial charge in [0.1, 0.15) is 6.61 Å². The van der Waals surface area contributed by atoms with Crippen LogP contribution in [-0.2, 0) is 4.74 Å². The van der Waals surface area contributed by atoms with Crippen LogP contribution in [0.15, 0.2) is 0 Å². The van der Waals surface area contributed by atoms with Crippen molar-refractivity contribution in [1.82, 2.24) is 5.32 Å². The quantitative estimate of drug-likeness (QED) is 0.703. The summed E-state index contributed by atoms with van der Waals surface area (Å²) >= 11 is 0. The average Bonchev–Trinajstić information content (AvgIpc) is 2.18. The Morgan fingerprint density at radius 2 is 1.86 bits per heavy atom. The Hall–Kier alpha value is -0.220. The maximum atomic E-state index is 13.5. The minimum atomic E-state index is -2.60. The van der Waals surface area contributed by atoms with Gasteiger partial charge >= 0.3 is 0 Å². The standard InChI is InChI=1S/C10H17F2NO/c11-10(12)7-14-6-3-9(10)8-1-4-13-5-2-8/h8-9,13H,1-7H2. The number of hydrogen-bond acceptors (Lipinski definition) is 2. The van der Waals surface area contributed by atoms with Gasteiger partial charge in [0, 0.05) is 12.5 Å². The van der Waals surface area contributed by atoms with Gasteiger partial charge in [-0.05, 0) is 38.3 Å². The van der Waals surface area contributed by atoms with Crippen molar-refractivity contribution >= 4 is 0 Å². The normalized spacial score (nSPS) is 34.3. The Morgan fingerprint density at radius 1 is 1.14 bits per heavy atom. The summed E-state index contributed by atoms with van der Waals surface area (Å²) in [5.74, 6) is -2.85. The third-order valence-electron chi connectivity index (χ3n) is 3.36. The van der Waals surface area contributed by atoms with Crippen LogP contribution in [-0.4, -0.2) is 32.2 Å². The number of alkyl halides is 2. The summed E-state index contributed by atoms with van der Waals surface area (Å²) < 4.78 is 31.9. The largest absolute Gasteiger partial charge is 0.375 e. The van der Waals surface area contributed by atoms with Crippen LogP contribution in [0.4, 0.5) is 8.78 Å². The average molecular weight is 205 g/mol. The van der Waals surface area contributed by atoms with Crippen molar-refractivity contribution in [3.8, 4) is 0 Å². The molecule has 0 aromatic carbocycles. The zero-order valence-corrected chi connectivity index (χ0v) is 8.27. The third-order valence-corrected chi connectivity index (χ3v) is 3.36. The molecule has 2 aliphatic heterocycles.